The van der Waals surface area contributed by atoms with Crippen LogP contribution in [0, 0.1) is 29.6 Å². The van der Waals surface area contributed by atoms with Gasteiger partial charge in [0.1, 0.15) is 30.2 Å². The minimum atomic E-state index is -0.883. The quantitative estimate of drug-likeness (QED) is 0.358. The van der Waals surface area contributed by atoms with Crippen LogP contribution in [0.1, 0.15) is 101 Å². The fraction of sp³-hybridized carbons (Fsp3) is 0.844. The molecule has 0 aromatic carbocycles. The maximum Gasteiger partial charge on any atom is 0.245 e. The smallest absolute Gasteiger partial charge is 0.245 e. The molecule has 0 saturated carbocycles. The molecule has 0 radical (unpaired) electrons. The van der Waals surface area contributed by atoms with E-state index in [0.717, 1.165) is 0 Å². The molecule has 5 atom stereocenters. The predicted molar refractivity (Wildman–Crippen MR) is 166 cm³/mol. The summed E-state index contributed by atoms with van der Waals surface area (Å²) in [4.78, 5) is 72.0. The number of carbonyl (C=O) groups excluding carboxylic acids is 5. The van der Waals surface area contributed by atoms with Gasteiger partial charge >= 0.3 is 0 Å². The van der Waals surface area contributed by atoms with E-state index in [1.807, 2.05) is 69.2 Å². The summed E-state index contributed by atoms with van der Waals surface area (Å²) in [5, 5.41) is 8.78. The Morgan fingerprint density at radius 3 is 1.02 bits per heavy atom. The second-order valence-corrected chi connectivity index (χ2v) is 14.3. The molecule has 1 aliphatic heterocycles. The molecule has 3 N–H and O–H groups in total. The molecule has 0 aromatic heterocycles. The zero-order valence-electron chi connectivity index (χ0n) is 28.2. The topological polar surface area (TPSA) is 128 Å². The number of nitrogens with one attached hydrogen (secondary N) is 3. The lowest BCUT2D eigenvalue weighted by Gasteiger charge is -2.35. The molecule has 10 heteroatoms. The summed E-state index contributed by atoms with van der Waals surface area (Å²) in [5.41, 5.74) is 0. The molecular formula is C32H59N5O5. The van der Waals surface area contributed by atoms with Crippen LogP contribution in [0.4, 0.5) is 0 Å². The van der Waals surface area contributed by atoms with E-state index in [1.54, 1.807) is 14.1 Å². The molecule has 1 fully saturated rings. The zero-order valence-corrected chi connectivity index (χ0v) is 28.2. The van der Waals surface area contributed by atoms with Crippen molar-refractivity contribution >= 4 is 29.5 Å². The van der Waals surface area contributed by atoms with E-state index in [4.69, 9.17) is 0 Å². The zero-order chi connectivity index (χ0) is 32.5. The van der Waals surface area contributed by atoms with E-state index in [1.165, 1.54) is 9.80 Å². The standard InChI is InChI=1S/C32H59N5O5/c1-18(2)13-23-28(38)34-24(14-19(3)4)31(41)37(12)27(17-22(9)10)30(40)35-25(15-20(5)6)32(42)36(11)26(16-21(7)8)29(39)33-23/h18-27H,13-17H2,1-12H3,(H,33,39)(H,34,38)(H,35,40)/t23-,24-,25-,26+,27+/m0/s1. The average Bonchev–Trinajstić information content (AvgIpc) is 2.85. The Bertz CT molecular complexity index is 932. The van der Waals surface area contributed by atoms with Crippen LogP contribution in [-0.4, -0.2) is 83.6 Å². The molecule has 1 heterocycles. The normalized spacial score (nSPS) is 25.7. The monoisotopic (exact) mass is 593 g/mol. The largest absolute Gasteiger partial charge is 0.343 e. The molecule has 0 unspecified atom stereocenters. The molecule has 42 heavy (non-hydrogen) atoms. The number of amides is 5. The van der Waals surface area contributed by atoms with E-state index in [-0.39, 0.29) is 41.4 Å². The Labute approximate surface area is 254 Å². The van der Waals surface area contributed by atoms with Gasteiger partial charge in [-0.2, -0.15) is 0 Å². The molecule has 5 amide bonds. The van der Waals surface area contributed by atoms with E-state index in [0.29, 0.717) is 32.1 Å². The van der Waals surface area contributed by atoms with E-state index in [9.17, 15) is 24.0 Å². The van der Waals surface area contributed by atoms with Gasteiger partial charge in [-0.1, -0.05) is 69.2 Å². The lowest BCUT2D eigenvalue weighted by Crippen LogP contribution is -2.58. The molecule has 0 bridgehead atoms. The van der Waals surface area contributed by atoms with Crippen molar-refractivity contribution in [1.82, 2.24) is 25.8 Å². The van der Waals surface area contributed by atoms with Crippen molar-refractivity contribution in [2.45, 2.75) is 132 Å². The average molecular weight is 594 g/mol. The van der Waals surface area contributed by atoms with Gasteiger partial charge in [0.15, 0.2) is 0 Å². The number of carbonyl (C=O) groups is 5. The highest BCUT2D eigenvalue weighted by Crippen LogP contribution is 2.20. The first-order valence-corrected chi connectivity index (χ1v) is 15.8. The van der Waals surface area contributed by atoms with Gasteiger partial charge in [0.25, 0.3) is 0 Å². The first-order chi connectivity index (χ1) is 19.3. The van der Waals surface area contributed by atoms with Crippen LogP contribution < -0.4 is 16.0 Å². The molecule has 10 nitrogen and oxygen atoms in total. The van der Waals surface area contributed by atoms with Crippen LogP contribution >= 0.6 is 0 Å². The first-order valence-electron chi connectivity index (χ1n) is 15.8. The third-order valence-corrected chi connectivity index (χ3v) is 7.61. The molecule has 0 spiro atoms. The summed E-state index contributed by atoms with van der Waals surface area (Å²) < 4.78 is 0. The molecule has 1 saturated heterocycles. The van der Waals surface area contributed by atoms with Crippen LogP contribution in [-0.2, 0) is 24.0 Å². The van der Waals surface area contributed by atoms with Gasteiger partial charge in [-0.25, -0.2) is 0 Å². The van der Waals surface area contributed by atoms with Crippen molar-refractivity contribution in [2.75, 3.05) is 14.1 Å². The summed E-state index contributed by atoms with van der Waals surface area (Å²) in [7, 11) is 3.17. The summed E-state index contributed by atoms with van der Waals surface area (Å²) in [6.45, 7) is 19.7. The fourth-order valence-corrected chi connectivity index (χ4v) is 5.47. The first kappa shape index (κ1) is 37.4. The maximum absolute atomic E-state index is 13.9. The number of hydrogen-bond acceptors (Lipinski definition) is 5. The summed E-state index contributed by atoms with van der Waals surface area (Å²) >= 11 is 0. The minimum Gasteiger partial charge on any atom is -0.343 e. The van der Waals surface area contributed by atoms with Crippen molar-refractivity contribution in [3.63, 3.8) is 0 Å². The van der Waals surface area contributed by atoms with E-state index >= 15 is 0 Å². The number of rotatable bonds is 10. The van der Waals surface area contributed by atoms with Crippen LogP contribution in [0.15, 0.2) is 0 Å². The van der Waals surface area contributed by atoms with Crippen molar-refractivity contribution in [1.29, 1.82) is 0 Å². The summed E-state index contributed by atoms with van der Waals surface area (Å²) in [5.74, 6) is -1.59. The Kier molecular flexibility index (Phi) is 15.0. The molecule has 0 aliphatic carbocycles. The van der Waals surface area contributed by atoms with Gasteiger partial charge in [-0.3, -0.25) is 24.0 Å². The highest BCUT2D eigenvalue weighted by Gasteiger charge is 2.39. The molecule has 242 valence electrons. The lowest BCUT2D eigenvalue weighted by atomic mass is 9.96. The Morgan fingerprint density at radius 2 is 0.714 bits per heavy atom. The molecule has 1 rings (SSSR count). The van der Waals surface area contributed by atoms with Gasteiger partial charge in [-0.05, 0) is 61.7 Å². The third-order valence-electron chi connectivity index (χ3n) is 7.61. The van der Waals surface area contributed by atoms with Crippen LogP contribution in [0.2, 0.25) is 0 Å². The summed E-state index contributed by atoms with van der Waals surface area (Å²) in [6, 6.07) is -4.29. The second kappa shape index (κ2) is 16.8. The lowest BCUT2D eigenvalue weighted by molar-refractivity contribution is -0.145. The van der Waals surface area contributed by atoms with Crippen molar-refractivity contribution in [2.24, 2.45) is 29.6 Å². The number of hydrogen-bond donors (Lipinski definition) is 3. The van der Waals surface area contributed by atoms with Crippen molar-refractivity contribution in [3.05, 3.63) is 0 Å². The SMILES string of the molecule is CC(C)C[C@@H]1NC(=O)[C@@H](CC(C)C)N(C)C(=O)[C@H](CC(C)C)NC(=O)[C@@H](CC(C)C)N(C)C(=O)[C@H](CC(C)C)NC1=O. The third kappa shape index (κ3) is 11.6. The Hall–Kier alpha value is -2.65. The molecular weight excluding hydrogens is 534 g/mol. The van der Waals surface area contributed by atoms with Gasteiger partial charge in [0, 0.05) is 14.1 Å². The second-order valence-electron chi connectivity index (χ2n) is 14.3. The highest BCUT2D eigenvalue weighted by molar-refractivity contribution is 5.97. The Balaban J connectivity index is 3.80. The minimum absolute atomic E-state index is 0.0839. The number of likely N-dealkylation sites (N-methyl/N-ethyl adjacent to an activating group) is 2. The van der Waals surface area contributed by atoms with Gasteiger partial charge in [-0.15, -0.1) is 0 Å². The van der Waals surface area contributed by atoms with Crippen LogP contribution in [0.25, 0.3) is 0 Å². The van der Waals surface area contributed by atoms with E-state index in [2.05, 4.69) is 16.0 Å². The Morgan fingerprint density at radius 1 is 0.452 bits per heavy atom. The fourth-order valence-electron chi connectivity index (χ4n) is 5.47. The predicted octanol–water partition coefficient (Wildman–Crippen LogP) is 3.34. The van der Waals surface area contributed by atoms with Gasteiger partial charge < -0.3 is 25.8 Å². The summed E-state index contributed by atoms with van der Waals surface area (Å²) in [6.07, 6.45) is 1.90. The molecule has 0 aromatic rings. The highest BCUT2D eigenvalue weighted by atomic mass is 16.2. The van der Waals surface area contributed by atoms with Crippen molar-refractivity contribution < 1.29 is 24.0 Å². The van der Waals surface area contributed by atoms with Gasteiger partial charge in [0.05, 0.1) is 0 Å². The van der Waals surface area contributed by atoms with Crippen LogP contribution in [0.5, 0.6) is 0 Å². The van der Waals surface area contributed by atoms with E-state index < -0.39 is 47.9 Å². The van der Waals surface area contributed by atoms with Crippen LogP contribution in [0.3, 0.4) is 0 Å². The van der Waals surface area contributed by atoms with Crippen molar-refractivity contribution in [3.8, 4) is 0 Å². The molecule has 1 aliphatic rings. The maximum atomic E-state index is 13.9. The van der Waals surface area contributed by atoms with Gasteiger partial charge in [0.2, 0.25) is 29.5 Å². The number of nitrogens with zero attached hydrogens (tertiary/aromatic N) is 2.